The Kier molecular flexibility index (Phi) is 9.98. The Morgan fingerprint density at radius 2 is 1.74 bits per heavy atom. The number of hydrogen-bond donors (Lipinski definition) is 3. The van der Waals surface area contributed by atoms with Gasteiger partial charge in [0.05, 0.1) is 12.6 Å². The average molecular weight is 423 g/mol. The minimum atomic E-state index is -0.499. The van der Waals surface area contributed by atoms with Gasteiger partial charge < -0.3 is 15.4 Å². The fourth-order valence-electron chi connectivity index (χ4n) is 3.25. The molecule has 0 aliphatic carbocycles. The van der Waals surface area contributed by atoms with Crippen LogP contribution in [0.3, 0.4) is 0 Å². The number of allylic oxidation sites excluding steroid dienone is 4. The van der Waals surface area contributed by atoms with Crippen LogP contribution < -0.4 is 5.32 Å². The van der Waals surface area contributed by atoms with Gasteiger partial charge in [0, 0.05) is 18.2 Å². The van der Waals surface area contributed by atoms with E-state index in [4.69, 9.17) is 0 Å². The molecule has 1 aromatic carbocycles. The van der Waals surface area contributed by atoms with E-state index in [0.717, 1.165) is 24.8 Å². The molecular formula is C26H34N2O3. The molecule has 0 bridgehead atoms. The molecule has 3 N–H and O–H groups in total. The van der Waals surface area contributed by atoms with E-state index in [9.17, 15) is 14.7 Å². The SMILES string of the molecule is CC/C(C)=C(/C)CC/C=C\CCC(=O)c1c[nH]c(C(=O)NC(CO)c2ccccc2)c1. The lowest BCUT2D eigenvalue weighted by Crippen LogP contribution is -2.30. The summed E-state index contributed by atoms with van der Waals surface area (Å²) in [5.41, 5.74) is 4.52. The van der Waals surface area contributed by atoms with Crippen molar-refractivity contribution in [1.82, 2.24) is 10.3 Å². The molecule has 0 aliphatic heterocycles. The molecule has 5 heteroatoms. The third kappa shape index (κ3) is 7.68. The van der Waals surface area contributed by atoms with Gasteiger partial charge in [0.1, 0.15) is 5.69 Å². The summed E-state index contributed by atoms with van der Waals surface area (Å²) in [6.07, 6.45) is 9.97. The van der Waals surface area contributed by atoms with Crippen molar-refractivity contribution in [2.45, 2.75) is 58.9 Å². The summed E-state index contributed by atoms with van der Waals surface area (Å²) in [4.78, 5) is 27.8. The molecule has 5 nitrogen and oxygen atoms in total. The number of benzene rings is 1. The van der Waals surface area contributed by atoms with Gasteiger partial charge in [-0.2, -0.15) is 0 Å². The molecule has 1 atom stereocenters. The van der Waals surface area contributed by atoms with Crippen molar-refractivity contribution in [3.63, 3.8) is 0 Å². The summed E-state index contributed by atoms with van der Waals surface area (Å²) >= 11 is 0. The predicted molar refractivity (Wildman–Crippen MR) is 125 cm³/mol. The van der Waals surface area contributed by atoms with Crippen LogP contribution >= 0.6 is 0 Å². The minimum absolute atomic E-state index is 0.000351. The number of H-pyrrole nitrogens is 1. The van der Waals surface area contributed by atoms with E-state index < -0.39 is 6.04 Å². The maximum Gasteiger partial charge on any atom is 0.268 e. The molecule has 1 amide bonds. The fourth-order valence-corrected chi connectivity index (χ4v) is 3.25. The molecule has 2 rings (SSSR count). The van der Waals surface area contributed by atoms with Crippen molar-refractivity contribution in [3.8, 4) is 0 Å². The third-order valence-electron chi connectivity index (χ3n) is 5.59. The van der Waals surface area contributed by atoms with Crippen molar-refractivity contribution in [1.29, 1.82) is 0 Å². The van der Waals surface area contributed by atoms with E-state index in [2.05, 4.69) is 43.2 Å². The summed E-state index contributed by atoms with van der Waals surface area (Å²) in [5.74, 6) is -0.354. The van der Waals surface area contributed by atoms with Crippen LogP contribution in [0, 0.1) is 0 Å². The first kappa shape index (κ1) is 24.4. The molecule has 31 heavy (non-hydrogen) atoms. The van der Waals surface area contributed by atoms with Crippen molar-refractivity contribution in [3.05, 3.63) is 82.7 Å². The van der Waals surface area contributed by atoms with Crippen LogP contribution in [0.1, 0.15) is 85.3 Å². The molecule has 166 valence electrons. The van der Waals surface area contributed by atoms with Gasteiger partial charge in [-0.15, -0.1) is 0 Å². The highest BCUT2D eigenvalue weighted by molar-refractivity contribution is 6.00. The van der Waals surface area contributed by atoms with E-state index >= 15 is 0 Å². The van der Waals surface area contributed by atoms with Crippen LogP contribution in [-0.4, -0.2) is 28.4 Å². The molecule has 0 saturated carbocycles. The highest BCUT2D eigenvalue weighted by Gasteiger charge is 2.17. The van der Waals surface area contributed by atoms with E-state index in [-0.39, 0.29) is 18.3 Å². The molecule has 0 fully saturated rings. The van der Waals surface area contributed by atoms with Gasteiger partial charge in [0.15, 0.2) is 5.78 Å². The van der Waals surface area contributed by atoms with Crippen molar-refractivity contribution < 1.29 is 14.7 Å². The largest absolute Gasteiger partial charge is 0.394 e. The number of aliphatic hydroxyl groups excluding tert-OH is 1. The molecule has 0 aliphatic rings. The first-order chi connectivity index (χ1) is 15.0. The van der Waals surface area contributed by atoms with Crippen molar-refractivity contribution in [2.24, 2.45) is 0 Å². The number of amides is 1. The van der Waals surface area contributed by atoms with Crippen molar-refractivity contribution >= 4 is 11.7 Å². The average Bonchev–Trinajstić information content (AvgIpc) is 3.30. The number of carbonyl (C=O) groups is 2. The molecule has 1 unspecified atom stereocenters. The van der Waals surface area contributed by atoms with Gasteiger partial charge in [-0.1, -0.05) is 60.6 Å². The topological polar surface area (TPSA) is 82.2 Å². The normalized spacial score (nSPS) is 13.2. The summed E-state index contributed by atoms with van der Waals surface area (Å²) in [5, 5.41) is 12.4. The number of rotatable bonds is 12. The van der Waals surface area contributed by atoms with Crippen LogP contribution in [0.2, 0.25) is 0 Å². The van der Waals surface area contributed by atoms with E-state index in [1.165, 1.54) is 11.1 Å². The monoisotopic (exact) mass is 422 g/mol. The Balaban J connectivity index is 1.82. The molecule has 2 aromatic rings. The molecule has 0 saturated heterocycles. The molecule has 1 aromatic heterocycles. The number of ketones is 1. The lowest BCUT2D eigenvalue weighted by molar-refractivity contribution is 0.0911. The Morgan fingerprint density at radius 3 is 2.39 bits per heavy atom. The second kappa shape index (κ2) is 12.7. The summed E-state index contributed by atoms with van der Waals surface area (Å²) < 4.78 is 0. The van der Waals surface area contributed by atoms with Gasteiger partial charge in [0.2, 0.25) is 0 Å². The highest BCUT2D eigenvalue weighted by atomic mass is 16.3. The van der Waals surface area contributed by atoms with Crippen LogP contribution in [0.5, 0.6) is 0 Å². The lowest BCUT2D eigenvalue weighted by Gasteiger charge is -2.16. The Bertz CT molecular complexity index is 910. The Morgan fingerprint density at radius 1 is 1.06 bits per heavy atom. The Hall–Kier alpha value is -2.92. The van der Waals surface area contributed by atoms with Gasteiger partial charge >= 0.3 is 0 Å². The maximum absolute atomic E-state index is 12.5. The minimum Gasteiger partial charge on any atom is -0.394 e. The second-order valence-corrected chi connectivity index (χ2v) is 7.81. The number of nitrogens with one attached hydrogen (secondary N) is 2. The van der Waals surface area contributed by atoms with Crippen LogP contribution in [0.4, 0.5) is 0 Å². The standard InChI is InChI=1S/C26H34N2O3/c1-4-19(2)20(3)12-8-5-6-11-15-25(30)22-16-23(27-17-22)26(31)28-24(18-29)21-13-9-7-10-14-21/h5-7,9-10,13-14,16-17,24,27,29H,4,8,11-12,15,18H2,1-3H3,(H,28,31)/b6-5-,20-19-. The maximum atomic E-state index is 12.5. The third-order valence-corrected chi connectivity index (χ3v) is 5.59. The zero-order valence-electron chi connectivity index (χ0n) is 18.8. The summed E-state index contributed by atoms with van der Waals surface area (Å²) in [7, 11) is 0. The number of hydrogen-bond acceptors (Lipinski definition) is 3. The van der Waals surface area contributed by atoms with Gasteiger partial charge in [0.25, 0.3) is 5.91 Å². The van der Waals surface area contributed by atoms with Crippen LogP contribution in [-0.2, 0) is 0 Å². The Labute approximate surface area is 185 Å². The van der Waals surface area contributed by atoms with E-state index in [0.29, 0.717) is 24.1 Å². The van der Waals surface area contributed by atoms with Gasteiger partial charge in [-0.05, 0) is 51.2 Å². The van der Waals surface area contributed by atoms with Crippen molar-refractivity contribution in [2.75, 3.05) is 6.61 Å². The highest BCUT2D eigenvalue weighted by Crippen LogP contribution is 2.15. The fraction of sp³-hybridized carbons (Fsp3) is 0.385. The zero-order chi connectivity index (χ0) is 22.6. The molecular weight excluding hydrogens is 388 g/mol. The first-order valence-corrected chi connectivity index (χ1v) is 10.9. The summed E-state index contributed by atoms with van der Waals surface area (Å²) in [6.45, 7) is 6.32. The van der Waals surface area contributed by atoms with Gasteiger partial charge in [-0.3, -0.25) is 9.59 Å². The van der Waals surface area contributed by atoms with Crippen LogP contribution in [0.15, 0.2) is 65.9 Å². The number of aliphatic hydroxyl groups is 1. The molecule has 1 heterocycles. The van der Waals surface area contributed by atoms with E-state index in [1.54, 1.807) is 12.3 Å². The van der Waals surface area contributed by atoms with E-state index in [1.807, 2.05) is 30.3 Å². The number of aromatic amines is 1. The lowest BCUT2D eigenvalue weighted by atomic mass is 10.0. The smallest absolute Gasteiger partial charge is 0.268 e. The second-order valence-electron chi connectivity index (χ2n) is 7.81. The predicted octanol–water partition coefficient (Wildman–Crippen LogP) is 5.52. The zero-order valence-corrected chi connectivity index (χ0v) is 18.8. The number of Topliss-reactive ketones (excluding diaryl/α,β-unsaturated/α-hetero) is 1. The quantitative estimate of drug-likeness (QED) is 0.311. The number of carbonyl (C=O) groups excluding carboxylic acids is 2. The first-order valence-electron chi connectivity index (χ1n) is 10.9. The van der Waals surface area contributed by atoms with Crippen LogP contribution in [0.25, 0.3) is 0 Å². The number of aromatic nitrogens is 1. The molecule has 0 radical (unpaired) electrons. The van der Waals surface area contributed by atoms with Gasteiger partial charge in [-0.25, -0.2) is 0 Å². The summed E-state index contributed by atoms with van der Waals surface area (Å²) in [6, 6.07) is 10.4. The molecule has 0 spiro atoms.